The number of fused-ring (bicyclic) bond motifs is 6. The maximum absolute atomic E-state index is 14.1. The number of hydrogen-bond donors (Lipinski definition) is 0. The van der Waals surface area contributed by atoms with Crippen LogP contribution < -0.4 is 0 Å². The largest absolute Gasteiger partial charge is 0.468 e. The summed E-state index contributed by atoms with van der Waals surface area (Å²) in [5, 5.41) is 0. The fraction of sp³-hybridized carbons (Fsp3) is 0.676. The lowest BCUT2D eigenvalue weighted by Crippen LogP contribution is -2.69. The standard InChI is InChI=1S/C37H46O11/c1-32(2,3)28(38)43-18-17-35-14-13-22(45-31(41)37-16-15-34(6,29(39)48-37)33(37,4)5)25-26(35)36(20-44-25,30(40)42-7)24-19-23(35)46-27(47-24)21-11-9-8-10-12-21/h8-14,22-27H,15-20H2,1-7H3/t22-,23-,24+,25-,26+,27+,34-,35+,36-,37+/m0/s1. The van der Waals surface area contributed by atoms with Crippen LogP contribution in [0.2, 0.25) is 0 Å². The van der Waals surface area contributed by atoms with Gasteiger partial charge in [-0.05, 0) is 53.0 Å². The number of hydrogen-bond acceptors (Lipinski definition) is 11. The van der Waals surface area contributed by atoms with Crippen LogP contribution in [0.3, 0.4) is 0 Å². The second-order valence-corrected chi connectivity index (χ2v) is 16.2. The van der Waals surface area contributed by atoms with Gasteiger partial charge in [-0.15, -0.1) is 0 Å². The molecule has 0 N–H and O–H groups in total. The molecule has 11 nitrogen and oxygen atoms in total. The molecule has 1 aromatic carbocycles. The Kier molecular flexibility index (Phi) is 7.52. The summed E-state index contributed by atoms with van der Waals surface area (Å²) in [6.07, 6.45) is 1.77. The van der Waals surface area contributed by atoms with Gasteiger partial charge in [-0.1, -0.05) is 50.3 Å². The van der Waals surface area contributed by atoms with Gasteiger partial charge in [-0.2, -0.15) is 0 Å². The summed E-state index contributed by atoms with van der Waals surface area (Å²) in [6, 6.07) is 9.53. The lowest BCUT2D eigenvalue weighted by Gasteiger charge is -2.60. The first-order valence-corrected chi connectivity index (χ1v) is 16.9. The maximum Gasteiger partial charge on any atom is 0.351 e. The van der Waals surface area contributed by atoms with Crippen molar-refractivity contribution in [2.24, 2.45) is 33.0 Å². The SMILES string of the molecule is COC(=O)[C@@]12CO[C@H]3[C@@H](OC(=O)[C@@]45CC[C@@](C)(C(=O)O4)C5(C)C)C=C[C@@](CCOC(=O)C(C)(C)C)([C@@H]4C[C@H]1O[C@H](c1ccccc1)O4)[C@@H]32. The molecule has 48 heavy (non-hydrogen) atoms. The lowest BCUT2D eigenvalue weighted by molar-refractivity contribution is -0.327. The monoisotopic (exact) mass is 666 g/mol. The van der Waals surface area contributed by atoms with Crippen molar-refractivity contribution in [3.8, 4) is 0 Å². The second-order valence-electron chi connectivity index (χ2n) is 16.2. The van der Waals surface area contributed by atoms with Crippen molar-refractivity contribution in [3.63, 3.8) is 0 Å². The van der Waals surface area contributed by atoms with E-state index in [0.717, 1.165) is 5.56 Å². The van der Waals surface area contributed by atoms with E-state index in [-0.39, 0.29) is 19.2 Å². The van der Waals surface area contributed by atoms with Gasteiger partial charge in [0.15, 0.2) is 6.29 Å². The van der Waals surface area contributed by atoms with Crippen molar-refractivity contribution in [1.29, 1.82) is 0 Å². The molecule has 0 spiro atoms. The second kappa shape index (κ2) is 10.9. The summed E-state index contributed by atoms with van der Waals surface area (Å²) in [4.78, 5) is 54.0. The molecule has 3 saturated heterocycles. The highest BCUT2D eigenvalue weighted by atomic mass is 16.7. The zero-order chi connectivity index (χ0) is 34.5. The summed E-state index contributed by atoms with van der Waals surface area (Å²) in [5.74, 6) is -2.48. The molecule has 7 rings (SSSR count). The van der Waals surface area contributed by atoms with Crippen LogP contribution in [0.15, 0.2) is 42.5 Å². The smallest absolute Gasteiger partial charge is 0.351 e. The Hall–Kier alpha value is -3.28. The van der Waals surface area contributed by atoms with E-state index in [1.807, 2.05) is 57.2 Å². The lowest BCUT2D eigenvalue weighted by atomic mass is 9.48. The summed E-state index contributed by atoms with van der Waals surface area (Å²) in [6.45, 7) is 11.0. The number of carbonyl (C=O) groups is 4. The van der Waals surface area contributed by atoms with Gasteiger partial charge in [0.2, 0.25) is 5.60 Å². The van der Waals surface area contributed by atoms with Crippen LogP contribution in [0.5, 0.6) is 0 Å². The Balaban J connectivity index is 1.28. The van der Waals surface area contributed by atoms with Gasteiger partial charge < -0.3 is 33.2 Å². The van der Waals surface area contributed by atoms with Crippen LogP contribution in [0.25, 0.3) is 0 Å². The summed E-state index contributed by atoms with van der Waals surface area (Å²) < 4.78 is 43.2. The first-order valence-electron chi connectivity index (χ1n) is 16.9. The maximum atomic E-state index is 14.1. The van der Waals surface area contributed by atoms with E-state index >= 15 is 0 Å². The molecule has 3 aliphatic carbocycles. The minimum Gasteiger partial charge on any atom is -0.468 e. The number of carbonyl (C=O) groups excluding carboxylic acids is 4. The molecule has 3 heterocycles. The highest BCUT2D eigenvalue weighted by molar-refractivity contribution is 5.93. The normalized spacial score (nSPS) is 41.7. The average molecular weight is 667 g/mol. The molecule has 5 fully saturated rings. The van der Waals surface area contributed by atoms with E-state index in [0.29, 0.717) is 25.7 Å². The molecular weight excluding hydrogens is 620 g/mol. The predicted octanol–water partition coefficient (Wildman–Crippen LogP) is 4.62. The van der Waals surface area contributed by atoms with Crippen LogP contribution in [0.1, 0.15) is 79.1 Å². The number of methoxy groups -OCH3 is 1. The molecule has 0 radical (unpaired) electrons. The van der Waals surface area contributed by atoms with Crippen molar-refractivity contribution >= 4 is 23.9 Å². The third-order valence-corrected chi connectivity index (χ3v) is 12.7. The highest BCUT2D eigenvalue weighted by Gasteiger charge is 2.78. The third kappa shape index (κ3) is 4.29. The summed E-state index contributed by atoms with van der Waals surface area (Å²) in [5.41, 5.74) is -5.09. The molecule has 1 aromatic rings. The highest BCUT2D eigenvalue weighted by Crippen LogP contribution is 2.68. The van der Waals surface area contributed by atoms with Crippen LogP contribution in [0.4, 0.5) is 0 Å². The molecule has 0 unspecified atom stereocenters. The minimum atomic E-state index is -1.43. The van der Waals surface area contributed by atoms with Crippen molar-refractivity contribution in [3.05, 3.63) is 48.0 Å². The van der Waals surface area contributed by atoms with E-state index in [1.54, 1.807) is 26.8 Å². The van der Waals surface area contributed by atoms with Crippen LogP contribution >= 0.6 is 0 Å². The zero-order valence-electron chi connectivity index (χ0n) is 28.7. The Morgan fingerprint density at radius 1 is 0.979 bits per heavy atom. The molecule has 2 saturated carbocycles. The Bertz CT molecular complexity index is 1550. The van der Waals surface area contributed by atoms with E-state index in [4.69, 9.17) is 33.2 Å². The number of esters is 4. The topological polar surface area (TPSA) is 133 Å². The molecule has 6 aliphatic rings. The van der Waals surface area contributed by atoms with Gasteiger partial charge in [0.05, 0.1) is 43.4 Å². The zero-order valence-corrected chi connectivity index (χ0v) is 28.7. The van der Waals surface area contributed by atoms with E-state index < -0.39 is 87.2 Å². The fourth-order valence-electron chi connectivity index (χ4n) is 9.42. The summed E-state index contributed by atoms with van der Waals surface area (Å²) in [7, 11) is 1.35. The van der Waals surface area contributed by atoms with Crippen molar-refractivity contribution in [1.82, 2.24) is 0 Å². The van der Waals surface area contributed by atoms with Gasteiger partial charge in [0.25, 0.3) is 0 Å². The first kappa shape index (κ1) is 33.2. The van der Waals surface area contributed by atoms with Gasteiger partial charge in [0, 0.05) is 28.7 Å². The van der Waals surface area contributed by atoms with Gasteiger partial charge in [0.1, 0.15) is 17.6 Å². The van der Waals surface area contributed by atoms with Gasteiger partial charge in [-0.3, -0.25) is 14.4 Å². The molecule has 11 heteroatoms. The molecule has 10 atom stereocenters. The molecule has 3 aliphatic heterocycles. The van der Waals surface area contributed by atoms with Crippen molar-refractivity contribution in [2.75, 3.05) is 20.3 Å². The van der Waals surface area contributed by atoms with Crippen molar-refractivity contribution < 1.29 is 52.3 Å². The third-order valence-electron chi connectivity index (χ3n) is 12.7. The Morgan fingerprint density at radius 2 is 1.69 bits per heavy atom. The van der Waals surface area contributed by atoms with E-state index in [1.165, 1.54) is 7.11 Å². The molecule has 0 aromatic heterocycles. The van der Waals surface area contributed by atoms with Crippen molar-refractivity contribution in [2.45, 2.75) is 104 Å². The van der Waals surface area contributed by atoms with Gasteiger partial charge in [-0.25, -0.2) is 4.79 Å². The summed E-state index contributed by atoms with van der Waals surface area (Å²) >= 11 is 0. The quantitative estimate of drug-likeness (QED) is 0.229. The van der Waals surface area contributed by atoms with Crippen LogP contribution in [-0.2, 0) is 52.3 Å². The molecular formula is C37H46O11. The Morgan fingerprint density at radius 3 is 2.31 bits per heavy atom. The molecule has 260 valence electrons. The fourth-order valence-corrected chi connectivity index (χ4v) is 9.42. The minimum absolute atomic E-state index is 0.0309. The Labute approximate surface area is 280 Å². The van der Waals surface area contributed by atoms with E-state index in [2.05, 4.69) is 0 Å². The van der Waals surface area contributed by atoms with E-state index in [9.17, 15) is 19.2 Å². The molecule has 0 amide bonds. The van der Waals surface area contributed by atoms with Gasteiger partial charge >= 0.3 is 23.9 Å². The molecule has 4 bridgehead atoms. The number of ether oxygens (including phenoxy) is 7. The number of benzene rings is 1. The predicted molar refractivity (Wildman–Crippen MR) is 168 cm³/mol. The first-order chi connectivity index (χ1) is 22.6. The van der Waals surface area contributed by atoms with Crippen LogP contribution in [-0.4, -0.2) is 74.2 Å². The average Bonchev–Trinajstić information content (AvgIpc) is 3.62. The number of rotatable bonds is 7. The van der Waals surface area contributed by atoms with Crippen LogP contribution in [0, 0.1) is 33.0 Å².